The fraction of sp³-hybridized carbons (Fsp3) is 0.100. The largest absolute Gasteiger partial charge is 0.497 e. The van der Waals surface area contributed by atoms with Crippen molar-refractivity contribution in [3.05, 3.63) is 29.8 Å². The monoisotopic (exact) mass is 206 g/mol. The zero-order chi connectivity index (χ0) is 9.97. The molecule has 1 aromatic heterocycles. The van der Waals surface area contributed by atoms with Crippen molar-refractivity contribution in [3.63, 3.8) is 0 Å². The van der Waals surface area contributed by atoms with E-state index in [0.29, 0.717) is 5.82 Å². The zero-order valence-corrected chi connectivity index (χ0v) is 8.54. The van der Waals surface area contributed by atoms with Crippen molar-refractivity contribution < 1.29 is 4.74 Å². The van der Waals surface area contributed by atoms with E-state index in [-0.39, 0.29) is 0 Å². The molecule has 14 heavy (non-hydrogen) atoms. The van der Waals surface area contributed by atoms with E-state index in [1.807, 2.05) is 24.3 Å². The van der Waals surface area contributed by atoms with Gasteiger partial charge in [-0.3, -0.25) is 0 Å². The van der Waals surface area contributed by atoms with Crippen molar-refractivity contribution in [2.75, 3.05) is 12.8 Å². The Balaban J connectivity index is 2.39. The Morgan fingerprint density at radius 2 is 2.00 bits per heavy atom. The highest BCUT2D eigenvalue weighted by Crippen LogP contribution is 2.30. The maximum atomic E-state index is 5.71. The summed E-state index contributed by atoms with van der Waals surface area (Å²) in [7, 11) is 1.65. The summed E-state index contributed by atoms with van der Waals surface area (Å²) < 4.78 is 5.07. The number of nitrogens with two attached hydrogens (primary N) is 1. The van der Waals surface area contributed by atoms with Crippen LogP contribution in [0.15, 0.2) is 29.8 Å². The molecule has 0 radical (unpaired) electrons. The molecule has 1 heterocycles. The minimum absolute atomic E-state index is 0.583. The van der Waals surface area contributed by atoms with Crippen LogP contribution in [-0.4, -0.2) is 12.1 Å². The predicted molar refractivity (Wildman–Crippen MR) is 58.5 cm³/mol. The standard InChI is InChI=1S/C10H10N2OS/c1-13-8-4-2-7(3-5-8)9-10(11)12-6-14-9/h2-6H,11H2,1H3. The van der Waals surface area contributed by atoms with Gasteiger partial charge < -0.3 is 10.5 Å². The van der Waals surface area contributed by atoms with Gasteiger partial charge in [-0.1, -0.05) is 0 Å². The van der Waals surface area contributed by atoms with Gasteiger partial charge in [-0.25, -0.2) is 4.98 Å². The van der Waals surface area contributed by atoms with Gasteiger partial charge in [0.05, 0.1) is 17.5 Å². The fourth-order valence-electron chi connectivity index (χ4n) is 1.21. The lowest BCUT2D eigenvalue weighted by Gasteiger charge is -2.01. The number of rotatable bonds is 2. The van der Waals surface area contributed by atoms with E-state index < -0.39 is 0 Å². The van der Waals surface area contributed by atoms with Gasteiger partial charge >= 0.3 is 0 Å². The van der Waals surface area contributed by atoms with E-state index in [1.165, 1.54) is 11.3 Å². The van der Waals surface area contributed by atoms with Crippen LogP contribution in [0.25, 0.3) is 10.4 Å². The molecule has 0 unspecified atom stereocenters. The lowest BCUT2D eigenvalue weighted by Crippen LogP contribution is -1.87. The molecule has 1 aromatic carbocycles. The number of nitrogens with zero attached hydrogens (tertiary/aromatic N) is 1. The van der Waals surface area contributed by atoms with Crippen LogP contribution in [0.1, 0.15) is 0 Å². The Morgan fingerprint density at radius 1 is 1.29 bits per heavy atom. The number of hydrogen-bond acceptors (Lipinski definition) is 4. The highest BCUT2D eigenvalue weighted by atomic mass is 32.1. The van der Waals surface area contributed by atoms with Gasteiger partial charge in [0, 0.05) is 0 Å². The average Bonchev–Trinajstić information content (AvgIpc) is 2.65. The third kappa shape index (κ3) is 1.56. The van der Waals surface area contributed by atoms with Gasteiger partial charge in [0.15, 0.2) is 0 Å². The van der Waals surface area contributed by atoms with E-state index in [1.54, 1.807) is 12.6 Å². The number of hydrogen-bond donors (Lipinski definition) is 1. The number of nitrogen functional groups attached to an aromatic ring is 1. The van der Waals surface area contributed by atoms with E-state index in [9.17, 15) is 0 Å². The summed E-state index contributed by atoms with van der Waals surface area (Å²) in [6.07, 6.45) is 0. The Hall–Kier alpha value is -1.55. The quantitative estimate of drug-likeness (QED) is 0.820. The highest BCUT2D eigenvalue weighted by Gasteiger charge is 2.04. The van der Waals surface area contributed by atoms with Gasteiger partial charge in [-0.05, 0) is 29.8 Å². The minimum Gasteiger partial charge on any atom is -0.497 e. The van der Waals surface area contributed by atoms with Crippen molar-refractivity contribution in [1.82, 2.24) is 4.98 Å². The second-order valence-electron chi connectivity index (χ2n) is 2.80. The SMILES string of the molecule is COc1ccc(-c2scnc2N)cc1. The molecule has 0 atom stereocenters. The normalized spacial score (nSPS) is 10.1. The van der Waals surface area contributed by atoms with Gasteiger partial charge in [-0.15, -0.1) is 11.3 Å². The Bertz CT molecular complexity index is 422. The lowest BCUT2D eigenvalue weighted by molar-refractivity contribution is 0.415. The maximum Gasteiger partial charge on any atom is 0.142 e. The summed E-state index contributed by atoms with van der Waals surface area (Å²) >= 11 is 1.54. The number of thiazole rings is 1. The van der Waals surface area contributed by atoms with Gasteiger partial charge in [0.1, 0.15) is 11.6 Å². The molecule has 0 fully saturated rings. The summed E-state index contributed by atoms with van der Waals surface area (Å²) in [5.74, 6) is 1.43. The molecule has 2 aromatic rings. The fourth-order valence-corrected chi connectivity index (χ4v) is 1.93. The van der Waals surface area contributed by atoms with E-state index in [4.69, 9.17) is 10.5 Å². The third-order valence-electron chi connectivity index (χ3n) is 1.95. The molecule has 0 amide bonds. The van der Waals surface area contributed by atoms with Crippen LogP contribution in [0.5, 0.6) is 5.75 Å². The molecule has 0 aliphatic rings. The molecule has 0 aliphatic heterocycles. The first-order chi connectivity index (χ1) is 6.81. The number of ether oxygens (including phenoxy) is 1. The van der Waals surface area contributed by atoms with Crippen LogP contribution < -0.4 is 10.5 Å². The average molecular weight is 206 g/mol. The minimum atomic E-state index is 0.583. The second kappa shape index (κ2) is 3.67. The Morgan fingerprint density at radius 3 is 2.50 bits per heavy atom. The lowest BCUT2D eigenvalue weighted by atomic mass is 10.2. The summed E-state index contributed by atoms with van der Waals surface area (Å²) in [5.41, 5.74) is 8.53. The molecular weight excluding hydrogens is 196 g/mol. The molecule has 0 saturated carbocycles. The zero-order valence-electron chi connectivity index (χ0n) is 7.73. The number of methoxy groups -OCH3 is 1. The van der Waals surface area contributed by atoms with Crippen LogP contribution in [0.2, 0.25) is 0 Å². The first-order valence-corrected chi connectivity index (χ1v) is 5.02. The van der Waals surface area contributed by atoms with Crippen LogP contribution in [0.4, 0.5) is 5.82 Å². The van der Waals surface area contributed by atoms with Crippen molar-refractivity contribution >= 4 is 17.2 Å². The maximum absolute atomic E-state index is 5.71. The molecule has 0 aliphatic carbocycles. The van der Waals surface area contributed by atoms with E-state index >= 15 is 0 Å². The smallest absolute Gasteiger partial charge is 0.142 e. The van der Waals surface area contributed by atoms with Crippen molar-refractivity contribution in [2.24, 2.45) is 0 Å². The number of aromatic nitrogens is 1. The molecule has 2 N–H and O–H groups in total. The van der Waals surface area contributed by atoms with Crippen LogP contribution >= 0.6 is 11.3 Å². The molecule has 0 bridgehead atoms. The Labute approximate surface area is 86.2 Å². The van der Waals surface area contributed by atoms with Gasteiger partial charge in [0.2, 0.25) is 0 Å². The topological polar surface area (TPSA) is 48.1 Å². The summed E-state index contributed by atoms with van der Waals surface area (Å²) in [6, 6.07) is 7.77. The molecule has 3 nitrogen and oxygen atoms in total. The summed E-state index contributed by atoms with van der Waals surface area (Å²) in [4.78, 5) is 5.01. The predicted octanol–water partition coefficient (Wildman–Crippen LogP) is 2.40. The van der Waals surface area contributed by atoms with E-state index in [2.05, 4.69) is 4.98 Å². The van der Waals surface area contributed by atoms with E-state index in [0.717, 1.165) is 16.2 Å². The van der Waals surface area contributed by atoms with Crippen LogP contribution in [0.3, 0.4) is 0 Å². The molecule has 72 valence electrons. The molecule has 0 saturated heterocycles. The van der Waals surface area contributed by atoms with Crippen molar-refractivity contribution in [1.29, 1.82) is 0 Å². The Kier molecular flexibility index (Phi) is 2.37. The number of benzene rings is 1. The van der Waals surface area contributed by atoms with Crippen LogP contribution in [0, 0.1) is 0 Å². The van der Waals surface area contributed by atoms with Crippen molar-refractivity contribution in [3.8, 4) is 16.2 Å². The van der Waals surface area contributed by atoms with Crippen LogP contribution in [-0.2, 0) is 0 Å². The summed E-state index contributed by atoms with van der Waals surface area (Å²) in [5, 5.41) is 0. The first kappa shape index (κ1) is 9.02. The molecular formula is C10H10N2OS. The van der Waals surface area contributed by atoms with Gasteiger partial charge in [-0.2, -0.15) is 0 Å². The molecule has 0 spiro atoms. The second-order valence-corrected chi connectivity index (χ2v) is 3.65. The number of anilines is 1. The van der Waals surface area contributed by atoms with Gasteiger partial charge in [0.25, 0.3) is 0 Å². The van der Waals surface area contributed by atoms with Crippen molar-refractivity contribution in [2.45, 2.75) is 0 Å². The summed E-state index contributed by atoms with van der Waals surface area (Å²) in [6.45, 7) is 0. The third-order valence-corrected chi connectivity index (χ3v) is 2.84. The molecule has 2 rings (SSSR count). The molecule has 4 heteroatoms. The highest BCUT2D eigenvalue weighted by molar-refractivity contribution is 7.13. The first-order valence-electron chi connectivity index (χ1n) is 4.14.